The standard InChI is InChI=1S/C28H24FNO4/c1-4-30-15-19(23-14-21(32-3)9-11-24(23)30)13-26-27(31)22-10-12-25(17(2)28(22)34-26)33-16-18-5-7-20(29)8-6-18/h5-15H,4,16H2,1-3H3/b26-13-. The van der Waals surface area contributed by atoms with Gasteiger partial charge in [-0.1, -0.05) is 12.1 Å². The predicted molar refractivity (Wildman–Crippen MR) is 129 cm³/mol. The Bertz CT molecular complexity index is 1430. The molecule has 0 fully saturated rings. The van der Waals surface area contributed by atoms with Crippen LogP contribution >= 0.6 is 0 Å². The van der Waals surface area contributed by atoms with Crippen molar-refractivity contribution in [1.82, 2.24) is 4.57 Å². The van der Waals surface area contributed by atoms with Crippen LogP contribution in [0.25, 0.3) is 17.0 Å². The van der Waals surface area contributed by atoms with Gasteiger partial charge < -0.3 is 18.8 Å². The summed E-state index contributed by atoms with van der Waals surface area (Å²) in [6.07, 6.45) is 3.80. The molecule has 0 saturated carbocycles. The van der Waals surface area contributed by atoms with Crippen LogP contribution in [-0.2, 0) is 13.2 Å². The molecule has 1 aliphatic rings. The van der Waals surface area contributed by atoms with Crippen LogP contribution in [-0.4, -0.2) is 17.5 Å². The van der Waals surface area contributed by atoms with E-state index in [1.807, 2.05) is 31.3 Å². The van der Waals surface area contributed by atoms with Gasteiger partial charge in [-0.15, -0.1) is 0 Å². The number of ether oxygens (including phenoxy) is 3. The summed E-state index contributed by atoms with van der Waals surface area (Å²) in [6, 6.07) is 15.6. The highest BCUT2D eigenvalue weighted by atomic mass is 19.1. The molecule has 1 aliphatic heterocycles. The van der Waals surface area contributed by atoms with E-state index in [2.05, 4.69) is 11.5 Å². The van der Waals surface area contributed by atoms with Crippen LogP contribution < -0.4 is 14.2 Å². The third kappa shape index (κ3) is 3.81. The zero-order chi connectivity index (χ0) is 23.8. The first-order valence-electron chi connectivity index (χ1n) is 11.1. The molecule has 1 aromatic heterocycles. The molecular weight excluding hydrogens is 433 g/mol. The first kappa shape index (κ1) is 21.8. The number of nitrogens with zero attached hydrogens (tertiary/aromatic N) is 1. The van der Waals surface area contributed by atoms with Gasteiger partial charge >= 0.3 is 0 Å². The molecule has 0 radical (unpaired) electrons. The van der Waals surface area contributed by atoms with E-state index >= 15 is 0 Å². The van der Waals surface area contributed by atoms with Crippen LogP contribution in [0.5, 0.6) is 17.2 Å². The minimum absolute atomic E-state index is 0.163. The number of carbonyl (C=O) groups excluding carboxylic acids is 1. The van der Waals surface area contributed by atoms with E-state index < -0.39 is 0 Å². The molecule has 3 aromatic carbocycles. The van der Waals surface area contributed by atoms with Gasteiger partial charge in [0.15, 0.2) is 5.76 Å². The highest BCUT2D eigenvalue weighted by molar-refractivity contribution is 6.15. The van der Waals surface area contributed by atoms with Crippen molar-refractivity contribution in [3.05, 3.63) is 94.6 Å². The Balaban J connectivity index is 1.45. The molecular formula is C28H24FNO4. The molecule has 34 heavy (non-hydrogen) atoms. The van der Waals surface area contributed by atoms with Gasteiger partial charge in [-0.2, -0.15) is 0 Å². The van der Waals surface area contributed by atoms with Crippen molar-refractivity contribution in [3.63, 3.8) is 0 Å². The number of fused-ring (bicyclic) bond motifs is 2. The maximum Gasteiger partial charge on any atom is 0.231 e. The number of rotatable bonds is 6. The van der Waals surface area contributed by atoms with Gasteiger partial charge in [0, 0.05) is 34.8 Å². The number of aryl methyl sites for hydroxylation is 1. The number of allylic oxidation sites excluding steroid dienone is 1. The number of aromatic nitrogens is 1. The van der Waals surface area contributed by atoms with Gasteiger partial charge in [0.2, 0.25) is 5.78 Å². The topological polar surface area (TPSA) is 49.7 Å². The first-order chi connectivity index (χ1) is 16.5. The lowest BCUT2D eigenvalue weighted by Gasteiger charge is -2.11. The highest BCUT2D eigenvalue weighted by Crippen LogP contribution is 2.40. The van der Waals surface area contributed by atoms with Crippen LogP contribution in [0.2, 0.25) is 0 Å². The van der Waals surface area contributed by atoms with E-state index in [1.165, 1.54) is 12.1 Å². The Morgan fingerprint density at radius 1 is 1.09 bits per heavy atom. The van der Waals surface area contributed by atoms with Crippen molar-refractivity contribution in [1.29, 1.82) is 0 Å². The molecule has 0 amide bonds. The van der Waals surface area contributed by atoms with Gasteiger partial charge in [0.25, 0.3) is 0 Å². The zero-order valence-corrected chi connectivity index (χ0v) is 19.2. The minimum atomic E-state index is -0.288. The average molecular weight is 458 g/mol. The van der Waals surface area contributed by atoms with E-state index in [0.29, 0.717) is 17.1 Å². The summed E-state index contributed by atoms with van der Waals surface area (Å²) in [5.74, 6) is 1.69. The number of benzene rings is 3. The minimum Gasteiger partial charge on any atom is -0.497 e. The van der Waals surface area contributed by atoms with E-state index in [9.17, 15) is 9.18 Å². The Hall–Kier alpha value is -4.06. The number of methoxy groups -OCH3 is 1. The Labute approximate surface area is 197 Å². The van der Waals surface area contributed by atoms with Crippen LogP contribution in [0.1, 0.15) is 34.0 Å². The summed E-state index contributed by atoms with van der Waals surface area (Å²) in [6.45, 7) is 5.02. The predicted octanol–water partition coefficient (Wildman–Crippen LogP) is 6.31. The number of Topliss-reactive ketones (excluding diaryl/α,β-unsaturated/α-hetero) is 1. The van der Waals surface area contributed by atoms with Crippen molar-refractivity contribution < 1.29 is 23.4 Å². The normalized spacial score (nSPS) is 13.9. The molecule has 4 aromatic rings. The summed E-state index contributed by atoms with van der Waals surface area (Å²) in [7, 11) is 1.63. The van der Waals surface area contributed by atoms with Gasteiger partial charge in [-0.05, 0) is 68.0 Å². The third-order valence-electron chi connectivity index (χ3n) is 6.09. The fourth-order valence-corrected chi connectivity index (χ4v) is 4.21. The lowest BCUT2D eigenvalue weighted by molar-refractivity contribution is 0.101. The second-order valence-electron chi connectivity index (χ2n) is 8.17. The summed E-state index contributed by atoms with van der Waals surface area (Å²) in [5, 5.41) is 0.987. The van der Waals surface area contributed by atoms with Gasteiger partial charge in [0.05, 0.1) is 12.7 Å². The second kappa shape index (κ2) is 8.71. The molecule has 0 bridgehead atoms. The Kier molecular flexibility index (Phi) is 5.57. The summed E-state index contributed by atoms with van der Waals surface area (Å²) in [5.41, 5.74) is 4.05. The molecule has 0 atom stereocenters. The number of hydrogen-bond donors (Lipinski definition) is 0. The highest BCUT2D eigenvalue weighted by Gasteiger charge is 2.30. The molecule has 5 nitrogen and oxygen atoms in total. The number of halogens is 1. The number of ketones is 1. The summed E-state index contributed by atoms with van der Waals surface area (Å²) < 4.78 is 32.6. The largest absolute Gasteiger partial charge is 0.497 e. The maximum atomic E-state index is 13.1. The van der Waals surface area contributed by atoms with Crippen molar-refractivity contribution in [2.75, 3.05) is 7.11 Å². The molecule has 5 rings (SSSR count). The fraction of sp³-hybridized carbons (Fsp3) is 0.179. The quantitative estimate of drug-likeness (QED) is 0.318. The number of hydrogen-bond acceptors (Lipinski definition) is 4. The van der Waals surface area contributed by atoms with Crippen LogP contribution in [0.3, 0.4) is 0 Å². The lowest BCUT2D eigenvalue weighted by Crippen LogP contribution is -1.98. The smallest absolute Gasteiger partial charge is 0.231 e. The van der Waals surface area contributed by atoms with Crippen molar-refractivity contribution in [2.45, 2.75) is 27.0 Å². The monoisotopic (exact) mass is 457 g/mol. The Morgan fingerprint density at radius 2 is 1.88 bits per heavy atom. The fourth-order valence-electron chi connectivity index (χ4n) is 4.21. The third-order valence-corrected chi connectivity index (χ3v) is 6.09. The molecule has 172 valence electrons. The second-order valence-corrected chi connectivity index (χ2v) is 8.17. The van der Waals surface area contributed by atoms with Crippen molar-refractivity contribution in [2.24, 2.45) is 0 Å². The number of carbonyl (C=O) groups is 1. The molecule has 0 N–H and O–H groups in total. The molecule has 6 heteroatoms. The first-order valence-corrected chi connectivity index (χ1v) is 11.1. The van der Waals surface area contributed by atoms with E-state index in [-0.39, 0.29) is 24.0 Å². The molecule has 0 spiro atoms. The molecule has 0 aliphatic carbocycles. The molecule has 0 unspecified atom stereocenters. The van der Waals surface area contributed by atoms with Crippen molar-refractivity contribution in [3.8, 4) is 17.2 Å². The van der Waals surface area contributed by atoms with E-state index in [1.54, 1.807) is 37.5 Å². The SMILES string of the molecule is CCn1cc(/C=C2\Oc3c(ccc(OCc4ccc(F)cc4)c3C)C2=O)c2cc(OC)ccc21. The maximum absolute atomic E-state index is 13.1. The van der Waals surface area contributed by atoms with Gasteiger partial charge in [0.1, 0.15) is 29.7 Å². The average Bonchev–Trinajstić information content (AvgIpc) is 3.37. The summed E-state index contributed by atoms with van der Waals surface area (Å²) in [4.78, 5) is 13.1. The molecule has 0 saturated heterocycles. The van der Waals surface area contributed by atoms with Gasteiger partial charge in [-0.25, -0.2) is 4.39 Å². The van der Waals surface area contributed by atoms with Crippen LogP contribution in [0.4, 0.5) is 4.39 Å². The van der Waals surface area contributed by atoms with Gasteiger partial charge in [-0.3, -0.25) is 4.79 Å². The lowest BCUT2D eigenvalue weighted by atomic mass is 10.1. The van der Waals surface area contributed by atoms with Crippen molar-refractivity contribution >= 4 is 22.8 Å². The zero-order valence-electron chi connectivity index (χ0n) is 19.2. The Morgan fingerprint density at radius 3 is 2.62 bits per heavy atom. The summed E-state index contributed by atoms with van der Waals surface area (Å²) >= 11 is 0. The van der Waals surface area contributed by atoms with E-state index in [0.717, 1.165) is 39.9 Å². The van der Waals surface area contributed by atoms with E-state index in [4.69, 9.17) is 14.2 Å². The van der Waals surface area contributed by atoms with Crippen LogP contribution in [0.15, 0.2) is 66.6 Å². The van der Waals surface area contributed by atoms with Crippen LogP contribution in [0, 0.1) is 12.7 Å². The molecule has 2 heterocycles.